The van der Waals surface area contributed by atoms with Crippen LogP contribution in [0, 0.1) is 40.4 Å². The van der Waals surface area contributed by atoms with Crippen LogP contribution in [0.5, 0.6) is 0 Å². The van der Waals surface area contributed by atoms with Crippen molar-refractivity contribution < 1.29 is 10.0 Å². The molecule has 0 heterocycles. The third-order valence-corrected chi connectivity index (χ3v) is 9.10. The van der Waals surface area contributed by atoms with E-state index in [9.17, 15) is 10.0 Å². The molecule has 0 spiro atoms. The van der Waals surface area contributed by atoms with Gasteiger partial charge >= 0.3 is 0 Å². The van der Waals surface area contributed by atoms with Gasteiger partial charge in [-0.25, -0.2) is 0 Å². The zero-order chi connectivity index (χ0) is 19.2. The summed E-state index contributed by atoms with van der Waals surface area (Å²) in [6.45, 7) is 5.38. The van der Waals surface area contributed by atoms with E-state index in [2.05, 4.69) is 31.2 Å². The highest BCUT2D eigenvalue weighted by Gasteiger charge is 2.61. The van der Waals surface area contributed by atoms with Crippen LogP contribution in [-0.4, -0.2) is 23.2 Å². The van der Waals surface area contributed by atoms with Gasteiger partial charge in [-0.2, -0.15) is 0 Å². The first-order chi connectivity index (χ1) is 12.9. The molecule has 0 aliphatic heterocycles. The molecule has 0 bridgehead atoms. The number of nitrogens with two attached hydrogens (primary N) is 1. The highest BCUT2D eigenvalue weighted by atomic mass is 16.4. The Labute approximate surface area is 163 Å². The average molecular weight is 373 g/mol. The van der Waals surface area contributed by atoms with Gasteiger partial charge in [-0.3, -0.25) is 4.79 Å². The van der Waals surface area contributed by atoms with E-state index in [1.807, 2.05) is 0 Å². The molecular weight excluding hydrogens is 336 g/mol. The Bertz CT molecular complexity index is 657. The molecule has 4 heteroatoms. The Balaban J connectivity index is 1.60. The maximum Gasteiger partial charge on any atom is 0.139 e. The fourth-order valence-corrected chi connectivity index (χ4v) is 7.54. The Morgan fingerprint density at radius 3 is 2.78 bits per heavy atom. The van der Waals surface area contributed by atoms with Crippen LogP contribution in [0.15, 0.2) is 17.3 Å². The molecule has 7 atom stereocenters. The lowest BCUT2D eigenvalue weighted by molar-refractivity contribution is -0.134. The summed E-state index contributed by atoms with van der Waals surface area (Å²) in [7, 11) is 0. The van der Waals surface area contributed by atoms with E-state index >= 15 is 0 Å². The van der Waals surface area contributed by atoms with Gasteiger partial charge in [0.2, 0.25) is 0 Å². The third kappa shape index (κ3) is 2.90. The first kappa shape index (κ1) is 19.2. The van der Waals surface area contributed by atoms with Crippen molar-refractivity contribution in [3.8, 4) is 0 Å². The van der Waals surface area contributed by atoms with Crippen LogP contribution in [0.1, 0.15) is 71.6 Å². The molecule has 3 N–H and O–H groups in total. The SMILES string of the molecule is C[C@]12CC[C@@H](/C=C\CCN)CC1/C(=N/O)C[C@@H]1[C@@H]2CC[C@]2(C)C(=O)CC[C@@H]12. The molecule has 4 aliphatic rings. The largest absolute Gasteiger partial charge is 0.411 e. The lowest BCUT2D eigenvalue weighted by Crippen LogP contribution is -2.56. The van der Waals surface area contributed by atoms with Gasteiger partial charge in [0.15, 0.2) is 0 Å². The molecule has 4 rings (SSSR count). The topological polar surface area (TPSA) is 75.7 Å². The van der Waals surface area contributed by atoms with Crippen LogP contribution < -0.4 is 5.73 Å². The van der Waals surface area contributed by atoms with Gasteiger partial charge in [0.05, 0.1) is 5.71 Å². The monoisotopic (exact) mass is 372 g/mol. The Morgan fingerprint density at radius 1 is 1.22 bits per heavy atom. The summed E-state index contributed by atoms with van der Waals surface area (Å²) >= 11 is 0. The molecule has 4 nitrogen and oxygen atoms in total. The third-order valence-electron chi connectivity index (χ3n) is 9.10. The van der Waals surface area contributed by atoms with Gasteiger partial charge in [-0.15, -0.1) is 0 Å². The highest BCUT2D eigenvalue weighted by Crippen LogP contribution is 2.65. The number of hydrogen-bond acceptors (Lipinski definition) is 4. The minimum atomic E-state index is -0.118. The molecule has 0 aromatic carbocycles. The summed E-state index contributed by atoms with van der Waals surface area (Å²) in [4.78, 5) is 12.6. The Kier molecular flexibility index (Phi) is 4.99. The molecule has 150 valence electrons. The number of carbonyl (C=O) groups is 1. The van der Waals surface area contributed by atoms with E-state index in [-0.39, 0.29) is 10.8 Å². The summed E-state index contributed by atoms with van der Waals surface area (Å²) < 4.78 is 0. The lowest BCUT2D eigenvalue weighted by Gasteiger charge is -2.60. The minimum absolute atomic E-state index is 0.118. The molecule has 0 saturated heterocycles. The van der Waals surface area contributed by atoms with E-state index in [0.717, 1.165) is 44.2 Å². The van der Waals surface area contributed by atoms with Gasteiger partial charge in [-0.05, 0) is 87.0 Å². The fraction of sp³-hybridized carbons (Fsp3) is 0.826. The van der Waals surface area contributed by atoms with E-state index in [1.54, 1.807) is 0 Å². The molecule has 0 aromatic heterocycles. The van der Waals surface area contributed by atoms with Gasteiger partial charge in [0, 0.05) is 17.8 Å². The van der Waals surface area contributed by atoms with Gasteiger partial charge in [0.1, 0.15) is 5.78 Å². The van der Waals surface area contributed by atoms with Gasteiger partial charge < -0.3 is 10.9 Å². The van der Waals surface area contributed by atoms with Crippen LogP contribution in [0.3, 0.4) is 0 Å². The molecule has 27 heavy (non-hydrogen) atoms. The maximum absolute atomic E-state index is 12.6. The number of carbonyl (C=O) groups excluding carboxylic acids is 1. The quantitative estimate of drug-likeness (QED) is 0.433. The normalized spacial score (nSPS) is 48.5. The number of allylic oxidation sites excluding steroid dienone is 1. The van der Waals surface area contributed by atoms with E-state index in [4.69, 9.17) is 5.73 Å². The molecule has 4 aliphatic carbocycles. The second-order valence-corrected chi connectivity index (χ2v) is 10.2. The van der Waals surface area contributed by atoms with E-state index in [1.165, 1.54) is 19.3 Å². The summed E-state index contributed by atoms with van der Waals surface area (Å²) in [5.41, 5.74) is 6.74. The Hall–Kier alpha value is -1.16. The summed E-state index contributed by atoms with van der Waals surface area (Å²) in [5.74, 6) is 3.11. The predicted octanol–water partition coefficient (Wildman–Crippen LogP) is 4.56. The first-order valence-electron chi connectivity index (χ1n) is 11.0. The molecule has 1 unspecified atom stereocenters. The fourth-order valence-electron chi connectivity index (χ4n) is 7.54. The van der Waals surface area contributed by atoms with Crippen molar-refractivity contribution in [1.82, 2.24) is 0 Å². The number of fused-ring (bicyclic) bond motifs is 5. The van der Waals surface area contributed by atoms with Crippen molar-refractivity contribution in [2.75, 3.05) is 6.54 Å². The zero-order valence-corrected chi connectivity index (χ0v) is 17.0. The van der Waals surface area contributed by atoms with Crippen molar-refractivity contribution in [3.63, 3.8) is 0 Å². The lowest BCUT2D eigenvalue weighted by atomic mass is 9.44. The number of rotatable bonds is 3. The van der Waals surface area contributed by atoms with Crippen LogP contribution in [0.4, 0.5) is 0 Å². The van der Waals surface area contributed by atoms with Crippen molar-refractivity contribution in [2.24, 2.45) is 51.3 Å². The molecule has 0 aromatic rings. The van der Waals surface area contributed by atoms with Crippen LogP contribution in [-0.2, 0) is 4.79 Å². The number of nitrogens with zero attached hydrogens (tertiary/aromatic N) is 1. The van der Waals surface area contributed by atoms with Crippen LogP contribution >= 0.6 is 0 Å². The number of oxime groups is 1. The Morgan fingerprint density at radius 2 is 2.04 bits per heavy atom. The van der Waals surface area contributed by atoms with E-state index < -0.39 is 0 Å². The number of ketones is 1. The molecule has 4 fully saturated rings. The van der Waals surface area contributed by atoms with Gasteiger partial charge in [-0.1, -0.05) is 31.2 Å². The first-order valence-corrected chi connectivity index (χ1v) is 11.0. The van der Waals surface area contributed by atoms with Crippen molar-refractivity contribution in [2.45, 2.75) is 71.6 Å². The average Bonchev–Trinajstić information content (AvgIpc) is 2.96. The number of Topliss-reactive ketones (excluding diaryl/α,β-unsaturated/α-hetero) is 1. The smallest absolute Gasteiger partial charge is 0.139 e. The summed E-state index contributed by atoms with van der Waals surface area (Å²) in [6, 6.07) is 0. The standard InChI is InChI=1S/C23H36N2O2/c1-22-10-8-15(5-3-4-12-24)13-19(22)20(25-27)14-16-17-6-7-21(26)23(17,2)11-9-18(16)22/h3,5,15-19,27H,4,6-14,24H2,1-2H3/b5-3-,25-20+/t15-,16+,17+,18+,19?,22-,23+/m1/s1. The highest BCUT2D eigenvalue weighted by molar-refractivity contribution is 5.90. The summed E-state index contributed by atoms with van der Waals surface area (Å²) in [5, 5.41) is 13.7. The number of hydrogen-bond donors (Lipinski definition) is 2. The predicted molar refractivity (Wildman–Crippen MR) is 108 cm³/mol. The van der Waals surface area contributed by atoms with Crippen LogP contribution in [0.2, 0.25) is 0 Å². The van der Waals surface area contributed by atoms with Crippen molar-refractivity contribution in [3.05, 3.63) is 12.2 Å². The van der Waals surface area contributed by atoms with Crippen LogP contribution in [0.25, 0.3) is 0 Å². The molecule has 0 radical (unpaired) electrons. The van der Waals surface area contributed by atoms with Crippen molar-refractivity contribution >= 4 is 11.5 Å². The molecule has 0 amide bonds. The zero-order valence-electron chi connectivity index (χ0n) is 17.0. The molecule has 4 saturated carbocycles. The second-order valence-electron chi connectivity index (χ2n) is 10.2. The summed E-state index contributed by atoms with van der Waals surface area (Å²) in [6.07, 6.45) is 14.0. The van der Waals surface area contributed by atoms with Gasteiger partial charge in [0.25, 0.3) is 0 Å². The van der Waals surface area contributed by atoms with Crippen molar-refractivity contribution in [1.29, 1.82) is 0 Å². The van der Waals surface area contributed by atoms with E-state index in [0.29, 0.717) is 41.9 Å². The molecular formula is C23H36N2O2. The maximum atomic E-state index is 12.6. The minimum Gasteiger partial charge on any atom is -0.411 e. The second kappa shape index (κ2) is 7.02.